The zero-order valence-corrected chi connectivity index (χ0v) is 25.5. The number of ether oxygens (including phenoxy) is 4. The standard InChI is InChI=1S/C33H38O10S/c1-22-13-15-27(16-14-22)44(38,39)21-28-29(17-25(35)19-34)43-30(31(28)40-2)18-26(42-33(37)24-11-7-4-8-12-24)20-41-32(36)23-9-5-3-6-10-23/h3-16,25-26,28-31,34-35H,17-21H2,1-2H3/t25?,26-,28-,29-,30+,31+/m0/s1. The number of carbonyl (C=O) groups is 2. The maximum absolute atomic E-state index is 13.5. The first-order chi connectivity index (χ1) is 21.1. The Hall–Kier alpha value is -3.61. The molecule has 1 saturated heterocycles. The minimum atomic E-state index is -3.80. The molecule has 0 saturated carbocycles. The minimum absolute atomic E-state index is 0.00590. The van der Waals surface area contributed by atoms with Gasteiger partial charge in [0.2, 0.25) is 0 Å². The van der Waals surface area contributed by atoms with E-state index in [1.54, 1.807) is 72.8 Å². The van der Waals surface area contributed by atoms with E-state index < -0.39 is 64.8 Å². The Bertz CT molecular complexity index is 1460. The summed E-state index contributed by atoms with van der Waals surface area (Å²) in [4.78, 5) is 25.8. The second-order valence-corrected chi connectivity index (χ2v) is 12.9. The van der Waals surface area contributed by atoms with Crippen LogP contribution in [0.15, 0.2) is 89.8 Å². The van der Waals surface area contributed by atoms with Crippen molar-refractivity contribution in [2.24, 2.45) is 5.92 Å². The molecular weight excluding hydrogens is 588 g/mol. The van der Waals surface area contributed by atoms with E-state index in [0.29, 0.717) is 11.1 Å². The molecule has 0 bridgehead atoms. The largest absolute Gasteiger partial charge is 0.458 e. The molecule has 1 aliphatic rings. The molecule has 44 heavy (non-hydrogen) atoms. The van der Waals surface area contributed by atoms with E-state index in [1.807, 2.05) is 6.92 Å². The highest BCUT2D eigenvalue weighted by Gasteiger charge is 2.48. The average molecular weight is 627 g/mol. The summed E-state index contributed by atoms with van der Waals surface area (Å²) < 4.78 is 50.2. The number of benzene rings is 3. The van der Waals surface area contributed by atoms with Gasteiger partial charge >= 0.3 is 11.9 Å². The molecule has 236 valence electrons. The van der Waals surface area contributed by atoms with Crippen LogP contribution in [0.5, 0.6) is 0 Å². The molecule has 1 fully saturated rings. The molecule has 1 unspecified atom stereocenters. The minimum Gasteiger partial charge on any atom is -0.458 e. The Labute approximate surface area is 257 Å². The van der Waals surface area contributed by atoms with E-state index in [4.69, 9.17) is 18.9 Å². The van der Waals surface area contributed by atoms with Crippen molar-refractivity contribution in [2.75, 3.05) is 26.1 Å². The Balaban J connectivity index is 1.57. The van der Waals surface area contributed by atoms with Crippen molar-refractivity contribution in [3.63, 3.8) is 0 Å². The number of aliphatic hydroxyl groups excluding tert-OH is 2. The Morgan fingerprint density at radius 1 is 0.864 bits per heavy atom. The van der Waals surface area contributed by atoms with Gasteiger partial charge in [-0.05, 0) is 43.3 Å². The first-order valence-corrected chi connectivity index (χ1v) is 16.0. The van der Waals surface area contributed by atoms with E-state index in [0.717, 1.165) is 5.56 Å². The second kappa shape index (κ2) is 15.4. The summed E-state index contributed by atoms with van der Waals surface area (Å²) >= 11 is 0. The molecule has 3 aromatic carbocycles. The number of rotatable bonds is 14. The van der Waals surface area contributed by atoms with E-state index >= 15 is 0 Å². The maximum atomic E-state index is 13.5. The quantitative estimate of drug-likeness (QED) is 0.256. The third-order valence-corrected chi connectivity index (χ3v) is 9.40. The fourth-order valence-corrected chi connectivity index (χ4v) is 6.96. The number of methoxy groups -OCH3 is 1. The number of hydrogen-bond donors (Lipinski definition) is 2. The SMILES string of the molecule is CO[C@@H]1[C@@H](CS(=O)(=O)c2ccc(C)cc2)[C@H](CC(O)CO)O[C@@H]1C[C@@H](COC(=O)c1ccccc1)OC(=O)c1ccccc1. The fourth-order valence-electron chi connectivity index (χ4n) is 5.31. The maximum Gasteiger partial charge on any atom is 0.338 e. The average Bonchev–Trinajstić information content (AvgIpc) is 3.34. The van der Waals surface area contributed by atoms with Gasteiger partial charge in [0.15, 0.2) is 9.84 Å². The number of esters is 2. The van der Waals surface area contributed by atoms with Gasteiger partial charge in [0.05, 0.1) is 52.8 Å². The number of carbonyl (C=O) groups excluding carboxylic acids is 2. The van der Waals surface area contributed by atoms with Crippen LogP contribution in [0.3, 0.4) is 0 Å². The molecule has 0 radical (unpaired) electrons. The molecule has 1 heterocycles. The highest BCUT2D eigenvalue weighted by atomic mass is 32.2. The van der Waals surface area contributed by atoms with Crippen LogP contribution in [0.1, 0.15) is 39.1 Å². The summed E-state index contributed by atoms with van der Waals surface area (Å²) in [5.41, 5.74) is 1.54. The molecule has 0 aromatic heterocycles. The van der Waals surface area contributed by atoms with E-state index in [9.17, 15) is 28.2 Å². The topological polar surface area (TPSA) is 146 Å². The van der Waals surface area contributed by atoms with Crippen molar-refractivity contribution < 1.29 is 47.2 Å². The summed E-state index contributed by atoms with van der Waals surface area (Å²) in [5.74, 6) is -2.31. The van der Waals surface area contributed by atoms with Gasteiger partial charge in [0.1, 0.15) is 12.7 Å². The molecule has 0 aliphatic carbocycles. The second-order valence-electron chi connectivity index (χ2n) is 10.8. The molecule has 11 heteroatoms. The van der Waals surface area contributed by atoms with Crippen molar-refractivity contribution in [1.29, 1.82) is 0 Å². The number of aliphatic hydroxyl groups is 2. The van der Waals surface area contributed by atoms with Gasteiger partial charge in [0.25, 0.3) is 0 Å². The van der Waals surface area contributed by atoms with Crippen molar-refractivity contribution in [1.82, 2.24) is 0 Å². The lowest BCUT2D eigenvalue weighted by atomic mass is 9.93. The molecule has 0 spiro atoms. The highest BCUT2D eigenvalue weighted by Crippen LogP contribution is 2.37. The summed E-state index contributed by atoms with van der Waals surface area (Å²) in [7, 11) is -2.37. The summed E-state index contributed by atoms with van der Waals surface area (Å²) in [6.45, 7) is 1.03. The van der Waals surface area contributed by atoms with Crippen LogP contribution >= 0.6 is 0 Å². The zero-order chi connectivity index (χ0) is 31.7. The lowest BCUT2D eigenvalue weighted by Crippen LogP contribution is -2.38. The van der Waals surface area contributed by atoms with Crippen molar-refractivity contribution in [3.8, 4) is 0 Å². The smallest absolute Gasteiger partial charge is 0.338 e. The molecule has 1 aliphatic heterocycles. The molecule has 2 N–H and O–H groups in total. The highest BCUT2D eigenvalue weighted by molar-refractivity contribution is 7.91. The van der Waals surface area contributed by atoms with Crippen LogP contribution < -0.4 is 0 Å². The van der Waals surface area contributed by atoms with E-state index in [-0.39, 0.29) is 30.1 Å². The fraction of sp³-hybridized carbons (Fsp3) is 0.394. The predicted octanol–water partition coefficient (Wildman–Crippen LogP) is 3.38. The monoisotopic (exact) mass is 626 g/mol. The first-order valence-electron chi connectivity index (χ1n) is 14.4. The summed E-state index contributed by atoms with van der Waals surface area (Å²) in [6, 6.07) is 23.2. The Morgan fingerprint density at radius 3 is 2.02 bits per heavy atom. The van der Waals surface area contributed by atoms with E-state index in [1.165, 1.54) is 19.2 Å². The van der Waals surface area contributed by atoms with Crippen LogP contribution in [0, 0.1) is 12.8 Å². The van der Waals surface area contributed by atoms with Crippen LogP contribution in [0.2, 0.25) is 0 Å². The Kier molecular flexibility index (Phi) is 11.7. The third kappa shape index (κ3) is 8.73. The molecular formula is C33H38O10S. The van der Waals surface area contributed by atoms with Crippen molar-refractivity contribution in [2.45, 2.75) is 55.2 Å². The van der Waals surface area contributed by atoms with Crippen LogP contribution in [0.25, 0.3) is 0 Å². The first kappa shape index (κ1) is 33.3. The van der Waals surface area contributed by atoms with Crippen LogP contribution in [-0.4, -0.2) is 87.2 Å². The number of sulfone groups is 1. The van der Waals surface area contributed by atoms with Gasteiger partial charge in [-0.2, -0.15) is 0 Å². The van der Waals surface area contributed by atoms with Gasteiger partial charge in [-0.1, -0.05) is 54.1 Å². The summed E-state index contributed by atoms with van der Waals surface area (Å²) in [5, 5.41) is 19.8. The lowest BCUT2D eigenvalue weighted by Gasteiger charge is -2.26. The zero-order valence-electron chi connectivity index (χ0n) is 24.7. The van der Waals surface area contributed by atoms with E-state index in [2.05, 4.69) is 0 Å². The van der Waals surface area contributed by atoms with Gasteiger partial charge in [-0.3, -0.25) is 0 Å². The van der Waals surface area contributed by atoms with Gasteiger partial charge < -0.3 is 29.2 Å². The molecule has 6 atom stereocenters. The molecule has 4 rings (SSSR count). The number of hydrogen-bond acceptors (Lipinski definition) is 10. The number of aryl methyl sites for hydroxylation is 1. The van der Waals surface area contributed by atoms with Gasteiger partial charge in [-0.15, -0.1) is 0 Å². The normalized spacial score (nSPS) is 21.4. The third-order valence-electron chi connectivity index (χ3n) is 7.58. The van der Waals surface area contributed by atoms with Gasteiger partial charge in [-0.25, -0.2) is 18.0 Å². The Morgan fingerprint density at radius 2 is 1.45 bits per heavy atom. The van der Waals surface area contributed by atoms with Crippen LogP contribution in [-0.2, 0) is 28.8 Å². The lowest BCUT2D eigenvalue weighted by molar-refractivity contribution is -0.0593. The molecule has 0 amide bonds. The summed E-state index contributed by atoms with van der Waals surface area (Å²) in [6.07, 6.45) is -4.55. The molecule has 10 nitrogen and oxygen atoms in total. The van der Waals surface area contributed by atoms with Crippen LogP contribution in [0.4, 0.5) is 0 Å². The van der Waals surface area contributed by atoms with Gasteiger partial charge in [0, 0.05) is 25.9 Å². The predicted molar refractivity (Wildman–Crippen MR) is 161 cm³/mol. The van der Waals surface area contributed by atoms with Crippen molar-refractivity contribution in [3.05, 3.63) is 102 Å². The van der Waals surface area contributed by atoms with Crippen molar-refractivity contribution >= 4 is 21.8 Å². The molecule has 3 aromatic rings.